The van der Waals surface area contributed by atoms with Gasteiger partial charge < -0.3 is 57.6 Å². The minimum Gasteiger partial charge on any atom is -0.390 e. The van der Waals surface area contributed by atoms with Gasteiger partial charge in [-0.1, -0.05) is 13.8 Å². The van der Waals surface area contributed by atoms with E-state index in [-0.39, 0.29) is 49.1 Å². The van der Waals surface area contributed by atoms with E-state index in [1.807, 2.05) is 41.5 Å². The Morgan fingerprint density at radius 2 is 0.905 bits per heavy atom. The van der Waals surface area contributed by atoms with Gasteiger partial charge in [0.1, 0.15) is 24.4 Å². The fourth-order valence-electron chi connectivity index (χ4n) is 6.37. The summed E-state index contributed by atoms with van der Waals surface area (Å²) in [6, 6.07) is 0. The van der Waals surface area contributed by atoms with Crippen LogP contribution in [-0.2, 0) is 47.4 Å². The maximum Gasteiger partial charge on any atom is 0.161 e. The van der Waals surface area contributed by atoms with Crippen LogP contribution in [0.3, 0.4) is 0 Å². The Kier molecular flexibility index (Phi) is 14.3. The maximum absolute atomic E-state index is 11.0. The number of rotatable bonds is 9. The van der Waals surface area contributed by atoms with Crippen molar-refractivity contribution in [2.45, 2.75) is 172 Å². The van der Waals surface area contributed by atoms with E-state index >= 15 is 0 Å². The molecule has 0 radical (unpaired) electrons. The minimum absolute atomic E-state index is 0.0853. The molecular formula is C30H56O12. The summed E-state index contributed by atoms with van der Waals surface area (Å²) < 4.78 is 59.8. The number of aliphatic hydroxyl groups excluding tert-OH is 2. The maximum atomic E-state index is 11.0. The van der Waals surface area contributed by atoms with Gasteiger partial charge in [-0.25, -0.2) is 0 Å². The lowest BCUT2D eigenvalue weighted by Crippen LogP contribution is -2.57. The number of methoxy groups -OCH3 is 3. The van der Waals surface area contributed by atoms with Crippen LogP contribution in [0.1, 0.15) is 74.1 Å². The van der Waals surface area contributed by atoms with Crippen LogP contribution in [0.5, 0.6) is 0 Å². The molecule has 2 N–H and O–H groups in total. The fourth-order valence-corrected chi connectivity index (χ4v) is 6.37. The monoisotopic (exact) mass is 608 g/mol. The number of hydrogen-bond acceptors (Lipinski definition) is 12. The number of aliphatic hydroxyl groups is 2. The van der Waals surface area contributed by atoms with Gasteiger partial charge in [-0.3, -0.25) is 0 Å². The number of ether oxygens (including phenoxy) is 10. The first-order valence-electron chi connectivity index (χ1n) is 15.6. The third-order valence-electron chi connectivity index (χ3n) is 8.59. The third kappa shape index (κ3) is 8.82. The van der Waals surface area contributed by atoms with Crippen molar-refractivity contribution in [1.29, 1.82) is 0 Å². The zero-order valence-corrected chi connectivity index (χ0v) is 27.0. The fraction of sp³-hybridized carbons (Fsp3) is 1.00. The average Bonchev–Trinajstić information content (AvgIpc) is 2.96. The van der Waals surface area contributed by atoms with Crippen molar-refractivity contribution >= 4 is 0 Å². The molecule has 0 spiro atoms. The molecule has 4 aliphatic rings. The third-order valence-corrected chi connectivity index (χ3v) is 8.59. The van der Waals surface area contributed by atoms with E-state index in [2.05, 4.69) is 0 Å². The summed E-state index contributed by atoms with van der Waals surface area (Å²) in [7, 11) is 4.86. The van der Waals surface area contributed by atoms with Crippen LogP contribution in [0.15, 0.2) is 0 Å². The van der Waals surface area contributed by atoms with Crippen molar-refractivity contribution in [3.05, 3.63) is 0 Å². The van der Waals surface area contributed by atoms with E-state index in [9.17, 15) is 10.2 Å². The molecule has 248 valence electrons. The highest BCUT2D eigenvalue weighted by Gasteiger charge is 2.46. The van der Waals surface area contributed by atoms with E-state index in [0.717, 1.165) is 6.42 Å². The molecule has 12 nitrogen and oxygen atoms in total. The van der Waals surface area contributed by atoms with Gasteiger partial charge in [0.15, 0.2) is 18.9 Å². The molecule has 4 fully saturated rings. The molecule has 0 amide bonds. The van der Waals surface area contributed by atoms with Crippen LogP contribution in [-0.4, -0.2) is 130 Å². The minimum atomic E-state index is -0.822. The lowest BCUT2D eigenvalue weighted by atomic mass is 9.98. The molecule has 0 aromatic heterocycles. The second kappa shape index (κ2) is 16.7. The summed E-state index contributed by atoms with van der Waals surface area (Å²) in [4.78, 5) is 0. The lowest BCUT2D eigenvalue weighted by molar-refractivity contribution is -0.341. The Balaban J connectivity index is 0.00000237. The largest absolute Gasteiger partial charge is 0.390 e. The summed E-state index contributed by atoms with van der Waals surface area (Å²) in [5.41, 5.74) is 0. The molecule has 16 atom stereocenters. The standard InChI is InChI=1S/C28H50O12.C2H6/c1-13-9-20(32-7)27(16(4)34-13)39-22-10-18(29)26(15(3)36-22)38-24-12-21(33-8)28(17(5)37-24)40-23-11-19(31-6)25(30)14(2)35-23;1-2/h13-30H,9-12H2,1-8H3;1-2H3/t13?,14?,15?,16-,17?,18?,19-,20+,21+,22+,23?,24+,25-,26-,27-,28-;/m1./s1. The molecule has 42 heavy (non-hydrogen) atoms. The van der Waals surface area contributed by atoms with Crippen LogP contribution in [0.2, 0.25) is 0 Å². The van der Waals surface area contributed by atoms with Gasteiger partial charge in [-0.2, -0.15) is 0 Å². The van der Waals surface area contributed by atoms with Crippen LogP contribution in [0.4, 0.5) is 0 Å². The van der Waals surface area contributed by atoms with E-state index in [1.165, 1.54) is 0 Å². The Hall–Kier alpha value is -0.480. The zero-order valence-electron chi connectivity index (χ0n) is 27.0. The van der Waals surface area contributed by atoms with Crippen molar-refractivity contribution in [2.24, 2.45) is 0 Å². The van der Waals surface area contributed by atoms with Crippen LogP contribution in [0.25, 0.3) is 0 Å². The quantitative estimate of drug-likeness (QED) is 0.399. The molecule has 0 saturated carbocycles. The molecule has 0 aromatic carbocycles. The first-order valence-corrected chi connectivity index (χ1v) is 15.6. The Bertz CT molecular complexity index is 763. The van der Waals surface area contributed by atoms with Crippen molar-refractivity contribution in [3.63, 3.8) is 0 Å². The molecule has 4 rings (SSSR count). The Morgan fingerprint density at radius 1 is 0.500 bits per heavy atom. The van der Waals surface area contributed by atoms with Crippen molar-refractivity contribution in [2.75, 3.05) is 21.3 Å². The van der Waals surface area contributed by atoms with Gasteiger partial charge >= 0.3 is 0 Å². The van der Waals surface area contributed by atoms with Gasteiger partial charge in [0.2, 0.25) is 0 Å². The summed E-state index contributed by atoms with van der Waals surface area (Å²) >= 11 is 0. The lowest BCUT2D eigenvalue weighted by Gasteiger charge is -2.46. The first-order chi connectivity index (χ1) is 20.0. The van der Waals surface area contributed by atoms with Gasteiger partial charge in [-0.05, 0) is 34.6 Å². The molecule has 4 aliphatic heterocycles. The zero-order chi connectivity index (χ0) is 31.1. The molecule has 12 heteroatoms. The number of hydrogen-bond donors (Lipinski definition) is 2. The highest BCUT2D eigenvalue weighted by Crippen LogP contribution is 2.34. The summed E-state index contributed by atoms with van der Waals surface area (Å²) in [5, 5.41) is 21.3. The van der Waals surface area contributed by atoms with Crippen molar-refractivity contribution in [1.82, 2.24) is 0 Å². The van der Waals surface area contributed by atoms with E-state index < -0.39 is 55.5 Å². The predicted octanol–water partition coefficient (Wildman–Crippen LogP) is 2.54. The second-order valence-electron chi connectivity index (χ2n) is 11.6. The second-order valence-corrected chi connectivity index (χ2v) is 11.6. The van der Waals surface area contributed by atoms with E-state index in [4.69, 9.17) is 47.4 Å². The molecule has 0 aliphatic carbocycles. The molecular weight excluding hydrogens is 552 g/mol. The Labute approximate surface area is 251 Å². The topological polar surface area (TPSA) is 133 Å². The smallest absolute Gasteiger partial charge is 0.161 e. The first kappa shape index (κ1) is 36.0. The molecule has 0 bridgehead atoms. The van der Waals surface area contributed by atoms with Gasteiger partial charge in [0.05, 0.1) is 54.9 Å². The van der Waals surface area contributed by atoms with Gasteiger partial charge in [0, 0.05) is 47.0 Å². The molecule has 6 unspecified atom stereocenters. The van der Waals surface area contributed by atoms with Crippen molar-refractivity contribution in [3.8, 4) is 0 Å². The van der Waals surface area contributed by atoms with Crippen LogP contribution < -0.4 is 0 Å². The SMILES string of the molecule is CC.CO[C@H]1CC(C)O[C@H](C)[C@H]1O[C@H]1CC(O)[C@H](O[C@H]2C[C@H](OC)[C@H](OC3C[C@@H](OC)[C@H](O)C(C)O3)C(C)O2)C(C)O1. The normalized spacial score (nSPS) is 48.3. The predicted molar refractivity (Wildman–Crippen MR) is 152 cm³/mol. The summed E-state index contributed by atoms with van der Waals surface area (Å²) in [5.74, 6) is 0. The van der Waals surface area contributed by atoms with Crippen LogP contribution in [0, 0.1) is 0 Å². The average molecular weight is 609 g/mol. The van der Waals surface area contributed by atoms with Crippen molar-refractivity contribution < 1.29 is 57.6 Å². The Morgan fingerprint density at radius 3 is 1.43 bits per heavy atom. The van der Waals surface area contributed by atoms with E-state index in [1.54, 1.807) is 28.3 Å². The van der Waals surface area contributed by atoms with Crippen LogP contribution >= 0.6 is 0 Å². The summed E-state index contributed by atoms with van der Waals surface area (Å²) in [6.07, 6.45) is -5.12. The van der Waals surface area contributed by atoms with E-state index in [0.29, 0.717) is 12.8 Å². The molecule has 4 heterocycles. The summed E-state index contributed by atoms with van der Waals surface area (Å²) in [6.45, 7) is 13.5. The molecule has 0 aromatic rings. The van der Waals surface area contributed by atoms with Gasteiger partial charge in [0.25, 0.3) is 0 Å². The highest BCUT2D eigenvalue weighted by molar-refractivity contribution is 4.90. The highest BCUT2D eigenvalue weighted by atomic mass is 16.7. The van der Waals surface area contributed by atoms with Gasteiger partial charge in [-0.15, -0.1) is 0 Å². The molecule has 4 saturated heterocycles.